The largest absolute Gasteiger partial charge is 0.467 e. The summed E-state index contributed by atoms with van der Waals surface area (Å²) in [7, 11) is 1.26. The normalized spacial score (nSPS) is 11.4. The molecule has 1 atom stereocenters. The SMILES string of the molecule is COC(=O)C(NC(=O)Nc1ccc(Cl)cc1Cl)c1ccccc1. The van der Waals surface area contributed by atoms with E-state index < -0.39 is 18.0 Å². The highest BCUT2D eigenvalue weighted by atomic mass is 35.5. The summed E-state index contributed by atoms with van der Waals surface area (Å²) in [5, 5.41) is 5.88. The number of halogens is 2. The third-order valence-electron chi connectivity index (χ3n) is 3.02. The molecular weight excluding hydrogens is 339 g/mol. The molecule has 0 aliphatic carbocycles. The van der Waals surface area contributed by atoms with Gasteiger partial charge in [0.25, 0.3) is 0 Å². The van der Waals surface area contributed by atoms with E-state index in [9.17, 15) is 9.59 Å². The molecule has 0 aliphatic heterocycles. The number of esters is 1. The first kappa shape index (κ1) is 17.1. The summed E-state index contributed by atoms with van der Waals surface area (Å²) in [6.45, 7) is 0. The van der Waals surface area contributed by atoms with Gasteiger partial charge in [-0.3, -0.25) is 0 Å². The van der Waals surface area contributed by atoms with Gasteiger partial charge in [0.2, 0.25) is 0 Å². The van der Waals surface area contributed by atoms with Gasteiger partial charge in [-0.15, -0.1) is 0 Å². The molecule has 5 nitrogen and oxygen atoms in total. The van der Waals surface area contributed by atoms with Gasteiger partial charge in [-0.25, -0.2) is 9.59 Å². The van der Waals surface area contributed by atoms with Crippen LogP contribution < -0.4 is 10.6 Å². The second-order valence-corrected chi connectivity index (χ2v) is 5.43. The summed E-state index contributed by atoms with van der Waals surface area (Å²) >= 11 is 11.8. The molecule has 0 bridgehead atoms. The van der Waals surface area contributed by atoms with Crippen molar-refractivity contribution in [2.24, 2.45) is 0 Å². The summed E-state index contributed by atoms with van der Waals surface area (Å²) in [4.78, 5) is 24.0. The fraction of sp³-hybridized carbons (Fsp3) is 0.125. The lowest BCUT2D eigenvalue weighted by Crippen LogP contribution is -2.37. The van der Waals surface area contributed by atoms with E-state index in [-0.39, 0.29) is 0 Å². The van der Waals surface area contributed by atoms with Gasteiger partial charge in [0.15, 0.2) is 6.04 Å². The Kier molecular flexibility index (Phi) is 5.84. The van der Waals surface area contributed by atoms with Gasteiger partial charge >= 0.3 is 12.0 Å². The van der Waals surface area contributed by atoms with Crippen LogP contribution in [0.25, 0.3) is 0 Å². The Balaban J connectivity index is 2.13. The zero-order valence-electron chi connectivity index (χ0n) is 12.2. The summed E-state index contributed by atoms with van der Waals surface area (Å²) in [6.07, 6.45) is 0. The number of benzene rings is 2. The summed E-state index contributed by atoms with van der Waals surface area (Å²) in [5.74, 6) is -0.575. The molecule has 0 aromatic heterocycles. The fourth-order valence-electron chi connectivity index (χ4n) is 1.92. The Labute approximate surface area is 143 Å². The molecule has 120 valence electrons. The summed E-state index contributed by atoms with van der Waals surface area (Å²) in [5.41, 5.74) is 0.988. The lowest BCUT2D eigenvalue weighted by molar-refractivity contribution is -0.143. The van der Waals surface area contributed by atoms with Gasteiger partial charge in [-0.1, -0.05) is 53.5 Å². The zero-order chi connectivity index (χ0) is 16.8. The van der Waals surface area contributed by atoms with Crippen LogP contribution in [-0.2, 0) is 9.53 Å². The van der Waals surface area contributed by atoms with Crippen LogP contribution in [0.5, 0.6) is 0 Å². The molecule has 0 saturated heterocycles. The van der Waals surface area contributed by atoms with Crippen molar-refractivity contribution >= 4 is 40.9 Å². The van der Waals surface area contributed by atoms with Crippen molar-refractivity contribution in [1.29, 1.82) is 0 Å². The monoisotopic (exact) mass is 352 g/mol. The number of anilines is 1. The maximum absolute atomic E-state index is 12.1. The maximum atomic E-state index is 12.1. The number of hydrogen-bond donors (Lipinski definition) is 2. The second kappa shape index (κ2) is 7.85. The summed E-state index contributed by atoms with van der Waals surface area (Å²) < 4.78 is 4.73. The Morgan fingerprint density at radius 3 is 2.39 bits per heavy atom. The van der Waals surface area contributed by atoms with E-state index in [2.05, 4.69) is 10.6 Å². The Hall–Kier alpha value is -2.24. The van der Waals surface area contributed by atoms with Crippen LogP contribution in [0.4, 0.5) is 10.5 Å². The lowest BCUT2D eigenvalue weighted by atomic mass is 10.1. The van der Waals surface area contributed by atoms with Crippen LogP contribution in [-0.4, -0.2) is 19.1 Å². The molecule has 2 aromatic carbocycles. The predicted octanol–water partition coefficient (Wildman–Crippen LogP) is 4.03. The molecule has 2 rings (SSSR count). The minimum Gasteiger partial charge on any atom is -0.467 e. The van der Waals surface area contributed by atoms with E-state index in [1.54, 1.807) is 36.4 Å². The van der Waals surface area contributed by atoms with Crippen molar-refractivity contribution in [1.82, 2.24) is 5.32 Å². The Morgan fingerprint density at radius 1 is 1.09 bits per heavy atom. The Bertz CT molecular complexity index is 708. The quantitative estimate of drug-likeness (QED) is 0.816. The molecule has 0 spiro atoms. The van der Waals surface area contributed by atoms with E-state index in [4.69, 9.17) is 27.9 Å². The maximum Gasteiger partial charge on any atom is 0.333 e. The van der Waals surface area contributed by atoms with Crippen molar-refractivity contribution in [3.8, 4) is 0 Å². The van der Waals surface area contributed by atoms with Gasteiger partial charge in [0.05, 0.1) is 17.8 Å². The van der Waals surface area contributed by atoms with Crippen LogP contribution in [0.2, 0.25) is 10.0 Å². The molecule has 0 heterocycles. The van der Waals surface area contributed by atoms with Crippen LogP contribution in [0.3, 0.4) is 0 Å². The molecule has 2 N–H and O–H groups in total. The van der Waals surface area contributed by atoms with Crippen molar-refractivity contribution in [2.45, 2.75) is 6.04 Å². The van der Waals surface area contributed by atoms with Gasteiger partial charge in [0, 0.05) is 5.02 Å². The molecule has 0 radical (unpaired) electrons. The van der Waals surface area contributed by atoms with Gasteiger partial charge < -0.3 is 15.4 Å². The van der Waals surface area contributed by atoms with Crippen LogP contribution in [0, 0.1) is 0 Å². The van der Waals surface area contributed by atoms with Crippen molar-refractivity contribution in [2.75, 3.05) is 12.4 Å². The average molecular weight is 353 g/mol. The molecule has 1 unspecified atom stereocenters. The van der Waals surface area contributed by atoms with Crippen LogP contribution in [0.15, 0.2) is 48.5 Å². The zero-order valence-corrected chi connectivity index (χ0v) is 13.7. The third kappa shape index (κ3) is 4.61. The topological polar surface area (TPSA) is 67.4 Å². The van der Waals surface area contributed by atoms with Gasteiger partial charge in [-0.05, 0) is 23.8 Å². The minimum atomic E-state index is -0.924. The third-order valence-corrected chi connectivity index (χ3v) is 3.57. The minimum absolute atomic E-state index is 0.293. The standard InChI is InChI=1S/C16H14Cl2N2O3/c1-23-15(21)14(10-5-3-2-4-6-10)20-16(22)19-13-8-7-11(17)9-12(13)18/h2-9,14H,1H3,(H2,19,20,22). The van der Waals surface area contributed by atoms with E-state index in [1.165, 1.54) is 13.2 Å². The molecule has 0 aliphatic rings. The fourth-order valence-corrected chi connectivity index (χ4v) is 2.38. The number of carbonyl (C=O) groups is 2. The number of rotatable bonds is 4. The summed E-state index contributed by atoms with van der Waals surface area (Å²) in [6, 6.07) is 11.9. The highest BCUT2D eigenvalue weighted by Gasteiger charge is 2.23. The molecule has 7 heteroatoms. The van der Waals surface area contributed by atoms with Crippen molar-refractivity contribution in [3.05, 3.63) is 64.1 Å². The average Bonchev–Trinajstić information content (AvgIpc) is 2.55. The number of ether oxygens (including phenoxy) is 1. The molecule has 0 fully saturated rings. The smallest absolute Gasteiger partial charge is 0.333 e. The Morgan fingerprint density at radius 2 is 1.78 bits per heavy atom. The van der Waals surface area contributed by atoms with E-state index in [0.717, 1.165) is 0 Å². The number of urea groups is 1. The number of methoxy groups -OCH3 is 1. The number of nitrogens with one attached hydrogen (secondary N) is 2. The van der Waals surface area contributed by atoms with E-state index in [0.29, 0.717) is 21.3 Å². The molecule has 0 saturated carbocycles. The first-order valence-corrected chi connectivity index (χ1v) is 7.42. The van der Waals surface area contributed by atoms with Gasteiger partial charge in [0.1, 0.15) is 0 Å². The molecule has 2 aromatic rings. The second-order valence-electron chi connectivity index (χ2n) is 4.59. The predicted molar refractivity (Wildman–Crippen MR) is 89.8 cm³/mol. The van der Waals surface area contributed by atoms with Crippen molar-refractivity contribution < 1.29 is 14.3 Å². The van der Waals surface area contributed by atoms with Gasteiger partial charge in [-0.2, -0.15) is 0 Å². The number of carbonyl (C=O) groups excluding carboxylic acids is 2. The highest BCUT2D eigenvalue weighted by Crippen LogP contribution is 2.25. The van der Waals surface area contributed by atoms with Crippen LogP contribution in [0.1, 0.15) is 11.6 Å². The number of hydrogen-bond acceptors (Lipinski definition) is 3. The lowest BCUT2D eigenvalue weighted by Gasteiger charge is -2.17. The number of amides is 2. The molecular formula is C16H14Cl2N2O3. The van der Waals surface area contributed by atoms with E-state index in [1.807, 2.05) is 6.07 Å². The molecule has 23 heavy (non-hydrogen) atoms. The highest BCUT2D eigenvalue weighted by molar-refractivity contribution is 6.36. The first-order valence-electron chi connectivity index (χ1n) is 6.66. The first-order chi connectivity index (χ1) is 11.0. The van der Waals surface area contributed by atoms with E-state index >= 15 is 0 Å². The van der Waals surface area contributed by atoms with Crippen molar-refractivity contribution in [3.63, 3.8) is 0 Å². The van der Waals surface area contributed by atoms with Crippen LogP contribution >= 0.6 is 23.2 Å². The molecule has 2 amide bonds.